The quantitative estimate of drug-likeness (QED) is 0.884. The topological polar surface area (TPSA) is 72.8 Å². The molecule has 3 heterocycles. The van der Waals surface area contributed by atoms with Gasteiger partial charge < -0.3 is 24.8 Å². The second kappa shape index (κ2) is 7.30. The molecule has 3 aliphatic heterocycles. The molecule has 0 spiro atoms. The minimum absolute atomic E-state index is 0.0823. The predicted octanol–water partition coefficient (Wildman–Crippen LogP) is 1.83. The van der Waals surface area contributed by atoms with E-state index < -0.39 is 0 Å². The number of hydrogen-bond acceptors (Lipinski definition) is 6. The molecule has 0 bridgehead atoms. The molecule has 1 aromatic carbocycles. The van der Waals surface area contributed by atoms with Crippen molar-refractivity contribution in [1.29, 1.82) is 0 Å². The van der Waals surface area contributed by atoms with Gasteiger partial charge in [0.2, 0.25) is 0 Å². The van der Waals surface area contributed by atoms with Crippen LogP contribution in [0.3, 0.4) is 0 Å². The third-order valence-corrected chi connectivity index (χ3v) is 5.06. The summed E-state index contributed by atoms with van der Waals surface area (Å²) in [7, 11) is 1.62. The van der Waals surface area contributed by atoms with Crippen LogP contribution in [0.5, 0.6) is 5.75 Å². The summed E-state index contributed by atoms with van der Waals surface area (Å²) in [6, 6.07) is 7.63. The van der Waals surface area contributed by atoms with Crippen LogP contribution in [0.2, 0.25) is 0 Å². The van der Waals surface area contributed by atoms with Crippen LogP contribution in [0.25, 0.3) is 0 Å². The number of hydrogen-bond donors (Lipinski definition) is 1. The van der Waals surface area contributed by atoms with Crippen LogP contribution in [0, 0.1) is 0 Å². The van der Waals surface area contributed by atoms with E-state index in [9.17, 15) is 4.79 Å². The maximum absolute atomic E-state index is 12.5. The van der Waals surface area contributed by atoms with Gasteiger partial charge in [0.1, 0.15) is 17.4 Å². The Labute approximate surface area is 158 Å². The van der Waals surface area contributed by atoms with Gasteiger partial charge in [-0.1, -0.05) is 0 Å². The standard InChI is InChI=1S/C19H24N6O2/c1-14-12-20-18-11-17(21-13-25(14)18)23-7-9-24(10-8-23)19(26)22-15-3-5-16(27-2)6-4-15/h3-6,11,13-14H,7-10,12H2,1-2H3,(H,22,26)/t14-/m0/s1. The molecule has 0 radical (unpaired) electrons. The van der Waals surface area contributed by atoms with Crippen molar-refractivity contribution in [2.75, 3.05) is 45.2 Å². The number of fused-ring (bicyclic) bond motifs is 1. The Kier molecular flexibility index (Phi) is 4.70. The second-order valence-corrected chi connectivity index (χ2v) is 6.84. The molecule has 142 valence electrons. The maximum atomic E-state index is 12.5. The van der Waals surface area contributed by atoms with Crippen molar-refractivity contribution in [2.24, 2.45) is 9.98 Å². The van der Waals surface area contributed by atoms with Gasteiger partial charge in [-0.2, -0.15) is 0 Å². The number of rotatable bonds is 3. The molecule has 1 aromatic rings. The Morgan fingerprint density at radius 2 is 1.93 bits per heavy atom. The molecule has 4 rings (SSSR count). The van der Waals surface area contributed by atoms with Crippen molar-refractivity contribution in [3.8, 4) is 5.75 Å². The number of methoxy groups -OCH3 is 1. The van der Waals surface area contributed by atoms with Crippen molar-refractivity contribution in [3.63, 3.8) is 0 Å². The summed E-state index contributed by atoms with van der Waals surface area (Å²) in [5.74, 6) is 2.67. The Hall–Kier alpha value is -3.03. The van der Waals surface area contributed by atoms with E-state index in [0.29, 0.717) is 19.1 Å². The molecule has 1 fully saturated rings. The van der Waals surface area contributed by atoms with E-state index in [1.165, 1.54) is 0 Å². The van der Waals surface area contributed by atoms with Gasteiger partial charge in [0, 0.05) is 37.9 Å². The molecule has 2 amide bonds. The van der Waals surface area contributed by atoms with Gasteiger partial charge >= 0.3 is 6.03 Å². The molecule has 1 atom stereocenters. The van der Waals surface area contributed by atoms with Crippen molar-refractivity contribution in [3.05, 3.63) is 36.2 Å². The fourth-order valence-electron chi connectivity index (χ4n) is 3.38. The molecule has 27 heavy (non-hydrogen) atoms. The average molecular weight is 368 g/mol. The fourth-order valence-corrected chi connectivity index (χ4v) is 3.38. The zero-order valence-corrected chi connectivity index (χ0v) is 15.6. The van der Waals surface area contributed by atoms with Gasteiger partial charge in [-0.3, -0.25) is 4.99 Å². The number of anilines is 1. The second-order valence-electron chi connectivity index (χ2n) is 6.84. The highest BCUT2D eigenvalue weighted by Gasteiger charge is 2.28. The zero-order chi connectivity index (χ0) is 18.8. The summed E-state index contributed by atoms with van der Waals surface area (Å²) in [5.41, 5.74) is 0.760. The first-order valence-electron chi connectivity index (χ1n) is 9.17. The van der Waals surface area contributed by atoms with Gasteiger partial charge in [0.25, 0.3) is 0 Å². The number of amidine groups is 1. The lowest BCUT2D eigenvalue weighted by molar-refractivity contribution is 0.166. The Morgan fingerprint density at radius 3 is 2.63 bits per heavy atom. The van der Waals surface area contributed by atoms with E-state index >= 15 is 0 Å². The van der Waals surface area contributed by atoms with Crippen LogP contribution in [0.15, 0.2) is 46.1 Å². The van der Waals surface area contributed by atoms with E-state index in [1.807, 2.05) is 41.6 Å². The number of carbonyl (C=O) groups is 1. The normalized spacial score (nSPS) is 21.6. The summed E-state index contributed by atoms with van der Waals surface area (Å²) in [4.78, 5) is 27.7. The first kappa shape index (κ1) is 17.4. The molecule has 8 nitrogen and oxygen atoms in total. The minimum atomic E-state index is -0.0823. The minimum Gasteiger partial charge on any atom is -0.497 e. The van der Waals surface area contributed by atoms with Gasteiger partial charge in [-0.25, -0.2) is 9.79 Å². The number of benzene rings is 1. The van der Waals surface area contributed by atoms with Crippen LogP contribution in [-0.4, -0.2) is 78.8 Å². The van der Waals surface area contributed by atoms with E-state index in [0.717, 1.165) is 42.7 Å². The van der Waals surface area contributed by atoms with Crippen molar-refractivity contribution >= 4 is 23.9 Å². The monoisotopic (exact) mass is 368 g/mol. The largest absolute Gasteiger partial charge is 0.497 e. The molecule has 3 aliphatic rings. The number of piperazine rings is 1. The first-order chi connectivity index (χ1) is 13.1. The molecule has 1 saturated heterocycles. The van der Waals surface area contributed by atoms with Gasteiger partial charge in [0.15, 0.2) is 0 Å². The Bertz CT molecular complexity index is 793. The van der Waals surface area contributed by atoms with E-state index in [2.05, 4.69) is 32.0 Å². The van der Waals surface area contributed by atoms with Crippen LogP contribution in [0.4, 0.5) is 10.5 Å². The lowest BCUT2D eigenvalue weighted by atomic mass is 10.2. The number of aliphatic imine (C=N–C) groups is 2. The number of urea groups is 1. The van der Waals surface area contributed by atoms with Crippen LogP contribution in [-0.2, 0) is 0 Å². The van der Waals surface area contributed by atoms with Gasteiger partial charge in [-0.05, 0) is 31.2 Å². The predicted molar refractivity (Wildman–Crippen MR) is 105 cm³/mol. The number of amides is 2. The maximum Gasteiger partial charge on any atom is 0.321 e. The highest BCUT2D eigenvalue weighted by Crippen LogP contribution is 2.20. The summed E-state index contributed by atoms with van der Waals surface area (Å²) >= 11 is 0. The number of carbonyl (C=O) groups excluding carboxylic acids is 1. The van der Waals surface area contributed by atoms with Gasteiger partial charge in [-0.15, -0.1) is 0 Å². The first-order valence-corrected chi connectivity index (χ1v) is 9.17. The fraction of sp³-hybridized carbons (Fsp3) is 0.421. The number of nitrogens with zero attached hydrogens (tertiary/aromatic N) is 5. The average Bonchev–Trinajstić information content (AvgIpc) is 3.09. The highest BCUT2D eigenvalue weighted by atomic mass is 16.5. The molecular formula is C19H24N6O2. The lowest BCUT2D eigenvalue weighted by Crippen LogP contribution is -2.50. The van der Waals surface area contributed by atoms with Crippen molar-refractivity contribution in [1.82, 2.24) is 14.7 Å². The Balaban J connectivity index is 1.31. The lowest BCUT2D eigenvalue weighted by Gasteiger charge is -2.37. The number of ether oxygens (including phenoxy) is 1. The van der Waals surface area contributed by atoms with E-state index in [-0.39, 0.29) is 6.03 Å². The van der Waals surface area contributed by atoms with Gasteiger partial charge in [0.05, 0.1) is 26.0 Å². The molecule has 0 unspecified atom stereocenters. The van der Waals surface area contributed by atoms with Crippen LogP contribution < -0.4 is 10.1 Å². The molecule has 0 saturated carbocycles. The molecular weight excluding hydrogens is 344 g/mol. The molecule has 1 N–H and O–H groups in total. The van der Waals surface area contributed by atoms with E-state index in [4.69, 9.17) is 4.74 Å². The summed E-state index contributed by atoms with van der Waals surface area (Å²) in [5, 5.41) is 2.94. The van der Waals surface area contributed by atoms with Crippen molar-refractivity contribution < 1.29 is 9.53 Å². The summed E-state index contributed by atoms with van der Waals surface area (Å²) < 4.78 is 5.14. The highest BCUT2D eigenvalue weighted by molar-refractivity contribution is 6.03. The SMILES string of the molecule is COc1ccc(NC(=O)N2CCN(C3=CC4=NC[C@H](C)N4C=N3)CC2)cc1. The smallest absolute Gasteiger partial charge is 0.321 e. The summed E-state index contributed by atoms with van der Waals surface area (Å²) in [6.45, 7) is 5.76. The Morgan fingerprint density at radius 1 is 1.19 bits per heavy atom. The number of nitrogens with one attached hydrogen (secondary N) is 1. The zero-order valence-electron chi connectivity index (χ0n) is 15.6. The molecule has 0 aromatic heterocycles. The third-order valence-electron chi connectivity index (χ3n) is 5.06. The molecule has 0 aliphatic carbocycles. The molecule has 8 heteroatoms. The van der Waals surface area contributed by atoms with Crippen LogP contribution >= 0.6 is 0 Å². The van der Waals surface area contributed by atoms with Crippen LogP contribution in [0.1, 0.15) is 6.92 Å². The summed E-state index contributed by atoms with van der Waals surface area (Å²) in [6.07, 6.45) is 3.91. The van der Waals surface area contributed by atoms with E-state index in [1.54, 1.807) is 7.11 Å². The third kappa shape index (κ3) is 3.60. The van der Waals surface area contributed by atoms with Crippen molar-refractivity contribution in [2.45, 2.75) is 13.0 Å².